The Kier molecular flexibility index (Phi) is 5.63. The number of thiazole rings is 1. The molecule has 2 aromatic heterocycles. The molecular formula is C16H22F3N5S. The van der Waals surface area contributed by atoms with Crippen molar-refractivity contribution in [2.24, 2.45) is 0 Å². The fourth-order valence-corrected chi connectivity index (χ4v) is 3.80. The molecule has 1 aliphatic heterocycles. The lowest BCUT2D eigenvalue weighted by molar-refractivity contribution is -0.134. The molecule has 3 heterocycles. The molecule has 25 heavy (non-hydrogen) atoms. The van der Waals surface area contributed by atoms with E-state index in [0.717, 1.165) is 63.1 Å². The summed E-state index contributed by atoms with van der Waals surface area (Å²) in [6.45, 7) is 7.01. The molecule has 5 nitrogen and oxygen atoms in total. The Balaban J connectivity index is 1.57. The smallest absolute Gasteiger partial charge is 0.347 e. The fourth-order valence-electron chi connectivity index (χ4n) is 2.96. The lowest BCUT2D eigenvalue weighted by atomic mass is 10.3. The Bertz CT molecular complexity index is 681. The summed E-state index contributed by atoms with van der Waals surface area (Å²) in [5, 5.41) is 4.81. The molecule has 0 radical (unpaired) electrons. The summed E-state index contributed by atoms with van der Waals surface area (Å²) in [5.41, 5.74) is 1.18. The van der Waals surface area contributed by atoms with E-state index in [4.69, 9.17) is 0 Å². The highest BCUT2D eigenvalue weighted by molar-refractivity contribution is 7.15. The highest BCUT2D eigenvalue weighted by Crippen LogP contribution is 2.36. The second-order valence-electron chi connectivity index (χ2n) is 6.23. The quantitative estimate of drug-likeness (QED) is 0.804. The summed E-state index contributed by atoms with van der Waals surface area (Å²) in [7, 11) is 0. The molecule has 9 heteroatoms. The van der Waals surface area contributed by atoms with Gasteiger partial charge in [0.25, 0.3) is 0 Å². The van der Waals surface area contributed by atoms with Crippen molar-refractivity contribution in [2.45, 2.75) is 39.0 Å². The second kappa shape index (κ2) is 7.74. The van der Waals surface area contributed by atoms with Gasteiger partial charge in [-0.3, -0.25) is 9.58 Å². The molecule has 0 bridgehead atoms. The first-order valence-electron chi connectivity index (χ1n) is 8.47. The second-order valence-corrected chi connectivity index (χ2v) is 7.24. The molecule has 3 rings (SSSR count). The Morgan fingerprint density at radius 1 is 1.16 bits per heavy atom. The summed E-state index contributed by atoms with van der Waals surface area (Å²) in [6, 6.07) is 0. The number of rotatable bonds is 5. The number of halogens is 3. The minimum absolute atomic E-state index is 0.463. The zero-order valence-electron chi connectivity index (χ0n) is 14.2. The van der Waals surface area contributed by atoms with E-state index < -0.39 is 11.1 Å². The van der Waals surface area contributed by atoms with Gasteiger partial charge in [-0.25, -0.2) is 4.98 Å². The van der Waals surface area contributed by atoms with Gasteiger partial charge in [0, 0.05) is 51.0 Å². The van der Waals surface area contributed by atoms with Gasteiger partial charge < -0.3 is 4.90 Å². The van der Waals surface area contributed by atoms with Crippen molar-refractivity contribution < 1.29 is 13.2 Å². The van der Waals surface area contributed by atoms with Crippen molar-refractivity contribution in [3.8, 4) is 0 Å². The van der Waals surface area contributed by atoms with Crippen molar-refractivity contribution >= 4 is 16.5 Å². The van der Waals surface area contributed by atoms with E-state index in [-0.39, 0.29) is 0 Å². The van der Waals surface area contributed by atoms with Gasteiger partial charge in [0.15, 0.2) is 5.13 Å². The third-order valence-corrected chi connectivity index (χ3v) is 5.28. The Hall–Kier alpha value is -1.61. The van der Waals surface area contributed by atoms with Crippen molar-refractivity contribution in [2.75, 3.05) is 31.1 Å². The van der Waals surface area contributed by atoms with Crippen LogP contribution in [-0.4, -0.2) is 45.8 Å². The number of hydrogen-bond acceptors (Lipinski definition) is 5. The monoisotopic (exact) mass is 373 g/mol. The average molecular weight is 373 g/mol. The van der Waals surface area contributed by atoms with E-state index in [1.807, 2.05) is 15.8 Å². The summed E-state index contributed by atoms with van der Waals surface area (Å²) in [6.07, 6.45) is 2.55. The minimum Gasteiger partial charge on any atom is -0.347 e. The first kappa shape index (κ1) is 18.2. The third kappa shape index (κ3) is 4.72. The van der Waals surface area contributed by atoms with E-state index in [2.05, 4.69) is 28.1 Å². The molecule has 0 saturated carbocycles. The lowest BCUT2D eigenvalue weighted by Crippen LogP contribution is -2.30. The summed E-state index contributed by atoms with van der Waals surface area (Å²) < 4.78 is 40.2. The number of aryl methyl sites for hydroxylation is 1. The van der Waals surface area contributed by atoms with Crippen molar-refractivity contribution in [3.63, 3.8) is 0 Å². The highest BCUT2D eigenvalue weighted by atomic mass is 32.1. The van der Waals surface area contributed by atoms with E-state index in [1.54, 1.807) is 0 Å². The van der Waals surface area contributed by atoms with Crippen LogP contribution in [-0.2, 0) is 19.3 Å². The summed E-state index contributed by atoms with van der Waals surface area (Å²) >= 11 is 0.728. The predicted octanol–water partition coefficient (Wildman–Crippen LogP) is 3.48. The van der Waals surface area contributed by atoms with Crippen LogP contribution in [0.2, 0.25) is 0 Å². The molecule has 0 atom stereocenters. The lowest BCUT2D eigenvalue weighted by Gasteiger charge is -2.21. The molecule has 2 aromatic rings. The van der Waals surface area contributed by atoms with Gasteiger partial charge in [0.2, 0.25) is 0 Å². The molecule has 1 saturated heterocycles. The first-order chi connectivity index (χ1) is 12.0. The van der Waals surface area contributed by atoms with Gasteiger partial charge in [-0.05, 0) is 12.8 Å². The largest absolute Gasteiger partial charge is 0.427 e. The van der Waals surface area contributed by atoms with Crippen molar-refractivity contribution in [3.05, 3.63) is 29.0 Å². The molecule has 0 amide bonds. The van der Waals surface area contributed by atoms with Crippen LogP contribution in [0.3, 0.4) is 0 Å². The third-order valence-electron chi connectivity index (χ3n) is 4.18. The number of alkyl halides is 3. The van der Waals surface area contributed by atoms with Crippen molar-refractivity contribution in [1.29, 1.82) is 0 Å². The Labute approximate surface area is 149 Å². The van der Waals surface area contributed by atoms with E-state index in [1.165, 1.54) is 5.56 Å². The Morgan fingerprint density at radius 2 is 2.00 bits per heavy atom. The number of nitrogens with zero attached hydrogens (tertiary/aromatic N) is 5. The van der Waals surface area contributed by atoms with Crippen LogP contribution in [0.5, 0.6) is 0 Å². The molecule has 1 fully saturated rings. The standard InChI is InChI=1S/C16H22F3N5S/c1-2-4-24-12-13(9-21-24)11-22-5-3-6-23(8-7-22)15-20-10-14(25-15)16(17,18)19/h9-10,12H,2-8,11H2,1H3. The van der Waals surface area contributed by atoms with Gasteiger partial charge in [-0.1, -0.05) is 18.3 Å². The van der Waals surface area contributed by atoms with Crippen LogP contribution in [0.25, 0.3) is 0 Å². The minimum atomic E-state index is -4.31. The predicted molar refractivity (Wildman–Crippen MR) is 91.7 cm³/mol. The molecule has 0 N–H and O–H groups in total. The van der Waals surface area contributed by atoms with Gasteiger partial charge >= 0.3 is 6.18 Å². The van der Waals surface area contributed by atoms with Crippen molar-refractivity contribution in [1.82, 2.24) is 19.7 Å². The molecule has 1 aliphatic rings. The first-order valence-corrected chi connectivity index (χ1v) is 9.29. The number of hydrogen-bond donors (Lipinski definition) is 0. The summed E-state index contributed by atoms with van der Waals surface area (Å²) in [4.78, 5) is 7.62. The fraction of sp³-hybridized carbons (Fsp3) is 0.625. The molecule has 138 valence electrons. The zero-order valence-corrected chi connectivity index (χ0v) is 15.0. The van der Waals surface area contributed by atoms with E-state index in [9.17, 15) is 13.2 Å². The van der Waals surface area contributed by atoms with Gasteiger partial charge in [-0.15, -0.1) is 0 Å². The average Bonchev–Trinajstić information content (AvgIpc) is 3.14. The molecule has 0 unspecified atom stereocenters. The normalized spacial score (nSPS) is 17.0. The van der Waals surface area contributed by atoms with Crippen LogP contribution < -0.4 is 4.90 Å². The molecule has 0 aliphatic carbocycles. The number of anilines is 1. The number of aromatic nitrogens is 3. The maximum Gasteiger partial charge on any atom is 0.427 e. The van der Waals surface area contributed by atoms with E-state index >= 15 is 0 Å². The topological polar surface area (TPSA) is 37.2 Å². The zero-order chi connectivity index (χ0) is 17.9. The van der Waals surface area contributed by atoms with E-state index in [0.29, 0.717) is 11.7 Å². The Morgan fingerprint density at radius 3 is 2.72 bits per heavy atom. The molecule has 0 spiro atoms. The maximum atomic E-state index is 12.7. The van der Waals surface area contributed by atoms with Crippen LogP contribution in [0.1, 0.15) is 30.2 Å². The molecule has 0 aromatic carbocycles. The highest BCUT2D eigenvalue weighted by Gasteiger charge is 2.34. The SMILES string of the molecule is CCCn1cc(CN2CCCN(c3ncc(C(F)(F)F)s3)CC2)cn1. The van der Waals surface area contributed by atoms with Gasteiger partial charge in [0.05, 0.1) is 12.4 Å². The van der Waals surface area contributed by atoms with Crippen LogP contribution in [0.15, 0.2) is 18.6 Å². The van der Waals surface area contributed by atoms with Gasteiger partial charge in [0.1, 0.15) is 4.88 Å². The van der Waals surface area contributed by atoms with Crippen LogP contribution >= 0.6 is 11.3 Å². The maximum absolute atomic E-state index is 12.7. The van der Waals surface area contributed by atoms with Gasteiger partial charge in [-0.2, -0.15) is 18.3 Å². The molecular weight excluding hydrogens is 351 g/mol. The van der Waals surface area contributed by atoms with Crippen LogP contribution in [0, 0.1) is 0 Å². The summed E-state index contributed by atoms with van der Waals surface area (Å²) in [5.74, 6) is 0. The van der Waals surface area contributed by atoms with Crippen LogP contribution in [0.4, 0.5) is 18.3 Å².